The van der Waals surface area contributed by atoms with Crippen molar-refractivity contribution in [3.8, 4) is 11.5 Å². The summed E-state index contributed by atoms with van der Waals surface area (Å²) in [5, 5.41) is 10.3. The maximum Gasteiger partial charge on any atom is 0.315 e. The normalized spacial score (nSPS) is 26.3. The standard InChI is InChI=1S/C23H27NO6/c1-13-20(23(27)30-12-15-5-4-10-29-15)21(14-8-9-19(28-2)18(26)11-14)22-16(24-13)6-3-7-17(22)25/h8-9,11,15,20-21,26H,3-7,10,12H2,1-2H3/t15-,20?,21-/m0/s1. The average molecular weight is 413 g/mol. The van der Waals surface area contributed by atoms with E-state index in [2.05, 4.69) is 4.99 Å². The Morgan fingerprint density at radius 2 is 2.13 bits per heavy atom. The fraction of sp³-hybridized carbons (Fsp3) is 0.522. The van der Waals surface area contributed by atoms with E-state index in [9.17, 15) is 14.7 Å². The Labute approximate surface area is 175 Å². The quantitative estimate of drug-likeness (QED) is 0.745. The predicted octanol–water partition coefficient (Wildman–Crippen LogP) is 3.30. The molecule has 1 saturated heterocycles. The van der Waals surface area contributed by atoms with E-state index in [4.69, 9.17) is 14.2 Å². The van der Waals surface area contributed by atoms with Crippen LogP contribution in [0.1, 0.15) is 50.5 Å². The van der Waals surface area contributed by atoms with Gasteiger partial charge in [-0.05, 0) is 50.3 Å². The number of phenols is 1. The van der Waals surface area contributed by atoms with Gasteiger partial charge >= 0.3 is 5.97 Å². The minimum atomic E-state index is -0.722. The van der Waals surface area contributed by atoms with Crippen molar-refractivity contribution in [1.29, 1.82) is 0 Å². The Kier molecular flexibility index (Phi) is 5.90. The van der Waals surface area contributed by atoms with Gasteiger partial charge in [-0.25, -0.2) is 0 Å². The highest BCUT2D eigenvalue weighted by Crippen LogP contribution is 2.45. The Morgan fingerprint density at radius 3 is 2.83 bits per heavy atom. The fourth-order valence-corrected chi connectivity index (χ4v) is 4.61. The molecule has 2 heterocycles. The van der Waals surface area contributed by atoms with Crippen LogP contribution in [-0.2, 0) is 19.1 Å². The van der Waals surface area contributed by atoms with Crippen molar-refractivity contribution in [2.75, 3.05) is 20.3 Å². The van der Waals surface area contributed by atoms with E-state index >= 15 is 0 Å². The Hall–Kier alpha value is -2.67. The van der Waals surface area contributed by atoms with Crippen LogP contribution in [0.4, 0.5) is 0 Å². The summed E-state index contributed by atoms with van der Waals surface area (Å²) in [6.07, 6.45) is 3.64. The zero-order valence-electron chi connectivity index (χ0n) is 17.3. The summed E-state index contributed by atoms with van der Waals surface area (Å²) in [5.41, 5.74) is 2.60. The third kappa shape index (κ3) is 3.86. The maximum absolute atomic E-state index is 13.2. The topological polar surface area (TPSA) is 94.4 Å². The molecule has 160 valence electrons. The summed E-state index contributed by atoms with van der Waals surface area (Å²) in [6.45, 7) is 2.69. The van der Waals surface area contributed by atoms with Crippen molar-refractivity contribution >= 4 is 17.5 Å². The minimum Gasteiger partial charge on any atom is -0.504 e. The van der Waals surface area contributed by atoms with E-state index in [0.717, 1.165) is 25.0 Å². The fourth-order valence-electron chi connectivity index (χ4n) is 4.61. The molecule has 0 bridgehead atoms. The highest BCUT2D eigenvalue weighted by atomic mass is 16.6. The van der Waals surface area contributed by atoms with Crippen molar-refractivity contribution in [1.82, 2.24) is 0 Å². The first-order chi connectivity index (χ1) is 14.5. The molecule has 2 aliphatic heterocycles. The Bertz CT molecular complexity index is 912. The number of ketones is 1. The SMILES string of the molecule is COc1ccc([C@@H]2C3=C(CCCC3=O)N=C(C)C2C(=O)OC[C@@H]2CCCO2)cc1O. The molecule has 1 fully saturated rings. The molecule has 0 saturated carbocycles. The lowest BCUT2D eigenvalue weighted by Crippen LogP contribution is -2.38. The molecule has 1 aromatic carbocycles. The van der Waals surface area contributed by atoms with E-state index < -0.39 is 17.8 Å². The monoisotopic (exact) mass is 413 g/mol. The van der Waals surface area contributed by atoms with Crippen LogP contribution in [0.25, 0.3) is 0 Å². The summed E-state index contributed by atoms with van der Waals surface area (Å²) >= 11 is 0. The van der Waals surface area contributed by atoms with Gasteiger partial charge in [0.2, 0.25) is 0 Å². The number of rotatable bonds is 5. The number of hydrogen-bond donors (Lipinski definition) is 1. The van der Waals surface area contributed by atoms with Crippen LogP contribution in [-0.4, -0.2) is 49.0 Å². The molecule has 7 nitrogen and oxygen atoms in total. The first-order valence-electron chi connectivity index (χ1n) is 10.5. The van der Waals surface area contributed by atoms with Gasteiger partial charge in [0.05, 0.1) is 13.2 Å². The number of allylic oxidation sites excluding steroid dienone is 2. The van der Waals surface area contributed by atoms with E-state index in [1.54, 1.807) is 25.1 Å². The van der Waals surface area contributed by atoms with E-state index in [-0.39, 0.29) is 24.2 Å². The second kappa shape index (κ2) is 8.60. The van der Waals surface area contributed by atoms with Gasteiger partial charge in [-0.15, -0.1) is 0 Å². The largest absolute Gasteiger partial charge is 0.504 e. The molecule has 0 spiro atoms. The number of hydrogen-bond acceptors (Lipinski definition) is 7. The van der Waals surface area contributed by atoms with Gasteiger partial charge in [0.25, 0.3) is 0 Å². The second-order valence-electron chi connectivity index (χ2n) is 8.04. The highest BCUT2D eigenvalue weighted by molar-refractivity contribution is 6.08. The molecule has 3 aliphatic rings. The second-order valence-corrected chi connectivity index (χ2v) is 8.04. The predicted molar refractivity (Wildman–Crippen MR) is 110 cm³/mol. The molecule has 1 aliphatic carbocycles. The number of benzene rings is 1. The van der Waals surface area contributed by atoms with Crippen LogP contribution in [0.2, 0.25) is 0 Å². The molecule has 3 atom stereocenters. The van der Waals surface area contributed by atoms with Crippen LogP contribution in [0, 0.1) is 5.92 Å². The van der Waals surface area contributed by atoms with Gasteiger partial charge in [0, 0.05) is 35.9 Å². The molecule has 1 aromatic rings. The van der Waals surface area contributed by atoms with Gasteiger partial charge in [0.1, 0.15) is 12.5 Å². The molecule has 7 heteroatoms. The van der Waals surface area contributed by atoms with Crippen molar-refractivity contribution < 1.29 is 28.9 Å². The first-order valence-corrected chi connectivity index (χ1v) is 10.5. The number of Topliss-reactive ketones (excluding diaryl/α,β-unsaturated/α-hetero) is 1. The Morgan fingerprint density at radius 1 is 1.30 bits per heavy atom. The highest BCUT2D eigenvalue weighted by Gasteiger charge is 2.43. The Balaban J connectivity index is 1.70. The smallest absolute Gasteiger partial charge is 0.315 e. The number of ether oxygens (including phenoxy) is 3. The number of nitrogens with zero attached hydrogens (tertiary/aromatic N) is 1. The molecule has 0 radical (unpaired) electrons. The number of carbonyl (C=O) groups is 2. The van der Waals surface area contributed by atoms with Crippen LogP contribution >= 0.6 is 0 Å². The van der Waals surface area contributed by atoms with Crippen LogP contribution in [0.3, 0.4) is 0 Å². The van der Waals surface area contributed by atoms with E-state index in [1.165, 1.54) is 7.11 Å². The van der Waals surface area contributed by atoms with Crippen molar-refractivity contribution in [3.05, 3.63) is 35.0 Å². The van der Waals surface area contributed by atoms with Crippen LogP contribution in [0.15, 0.2) is 34.5 Å². The summed E-state index contributed by atoms with van der Waals surface area (Å²) in [7, 11) is 1.47. The number of methoxy groups -OCH3 is 1. The summed E-state index contributed by atoms with van der Waals surface area (Å²) in [4.78, 5) is 30.7. The third-order valence-corrected chi connectivity index (χ3v) is 6.09. The van der Waals surface area contributed by atoms with E-state index in [0.29, 0.717) is 42.0 Å². The molecule has 1 unspecified atom stereocenters. The van der Waals surface area contributed by atoms with E-state index in [1.807, 2.05) is 0 Å². The third-order valence-electron chi connectivity index (χ3n) is 6.09. The van der Waals surface area contributed by atoms with Crippen LogP contribution in [0.5, 0.6) is 11.5 Å². The van der Waals surface area contributed by atoms with Gasteiger partial charge in [-0.3, -0.25) is 14.6 Å². The lowest BCUT2D eigenvalue weighted by molar-refractivity contribution is -0.149. The van der Waals surface area contributed by atoms with Crippen LogP contribution < -0.4 is 4.74 Å². The first kappa shape index (κ1) is 20.6. The number of aliphatic imine (C=N–C) groups is 1. The number of carbonyl (C=O) groups excluding carboxylic acids is 2. The summed E-state index contributed by atoms with van der Waals surface area (Å²) < 4.78 is 16.3. The van der Waals surface area contributed by atoms with Crippen molar-refractivity contribution in [2.45, 2.75) is 51.0 Å². The number of phenolic OH excluding ortho intramolecular Hbond substituents is 1. The number of aromatic hydroxyl groups is 1. The zero-order valence-corrected chi connectivity index (χ0v) is 17.3. The van der Waals surface area contributed by atoms with Crippen molar-refractivity contribution in [2.24, 2.45) is 10.9 Å². The number of esters is 1. The summed E-state index contributed by atoms with van der Waals surface area (Å²) in [6, 6.07) is 5.00. The summed E-state index contributed by atoms with van der Waals surface area (Å²) in [5.74, 6) is -1.38. The lowest BCUT2D eigenvalue weighted by Gasteiger charge is -2.34. The molecular formula is C23H27NO6. The van der Waals surface area contributed by atoms with Crippen molar-refractivity contribution in [3.63, 3.8) is 0 Å². The molecule has 4 rings (SSSR count). The minimum absolute atomic E-state index is 0.00438. The molecular weight excluding hydrogens is 386 g/mol. The molecule has 0 amide bonds. The maximum atomic E-state index is 13.2. The van der Waals surface area contributed by atoms with Gasteiger partial charge < -0.3 is 19.3 Å². The lowest BCUT2D eigenvalue weighted by atomic mass is 9.71. The molecule has 0 aromatic heterocycles. The van der Waals surface area contributed by atoms with Gasteiger partial charge in [-0.1, -0.05) is 6.07 Å². The molecule has 30 heavy (non-hydrogen) atoms. The average Bonchev–Trinajstić information content (AvgIpc) is 3.25. The molecule has 1 N–H and O–H groups in total. The zero-order chi connectivity index (χ0) is 21.3. The van der Waals surface area contributed by atoms with Gasteiger partial charge in [0.15, 0.2) is 17.3 Å². The van der Waals surface area contributed by atoms with Gasteiger partial charge in [-0.2, -0.15) is 0 Å².